The third-order valence-electron chi connectivity index (χ3n) is 2.12. The van der Waals surface area contributed by atoms with Gasteiger partial charge in [0, 0.05) is 24.1 Å². The average molecular weight is 229 g/mol. The molecule has 1 heterocycles. The quantitative estimate of drug-likeness (QED) is 0.870. The fourth-order valence-corrected chi connectivity index (χ4v) is 1.31. The smallest absolute Gasteiger partial charge is 0.275 e. The number of benzene rings is 1. The summed E-state index contributed by atoms with van der Waals surface area (Å²) in [6.07, 6.45) is 4.40. The summed E-state index contributed by atoms with van der Waals surface area (Å²) in [4.78, 5) is 19.5. The van der Waals surface area contributed by atoms with E-state index < -0.39 is 0 Å². The Kier molecular flexibility index (Phi) is 3.30. The molecule has 1 aromatic carbocycles. The first kappa shape index (κ1) is 11.1. The molecule has 0 aliphatic rings. The second-order valence-electron chi connectivity index (χ2n) is 3.28. The molecule has 2 aromatic rings. The fourth-order valence-electron chi connectivity index (χ4n) is 1.31. The summed E-state index contributed by atoms with van der Waals surface area (Å²) in [6, 6.07) is 7.11. The first-order valence-electron chi connectivity index (χ1n) is 5.01. The lowest BCUT2D eigenvalue weighted by molar-refractivity contribution is 0.102. The molecule has 0 saturated carbocycles. The number of carbonyl (C=O) groups is 1. The molecular weight excluding hydrogens is 218 g/mol. The van der Waals surface area contributed by atoms with E-state index in [1.165, 1.54) is 18.6 Å². The minimum atomic E-state index is -0.300. The molecule has 2 rings (SSSR count). The largest absolute Gasteiger partial charge is 0.497 e. The van der Waals surface area contributed by atoms with E-state index in [1.807, 2.05) is 0 Å². The Morgan fingerprint density at radius 1 is 1.35 bits per heavy atom. The summed E-state index contributed by atoms with van der Waals surface area (Å²) in [5.41, 5.74) is 0.926. The number of anilines is 1. The van der Waals surface area contributed by atoms with Gasteiger partial charge in [-0.2, -0.15) is 0 Å². The number of nitrogens with zero attached hydrogens (tertiary/aromatic N) is 2. The molecule has 0 radical (unpaired) electrons. The van der Waals surface area contributed by atoms with Gasteiger partial charge in [0.25, 0.3) is 5.91 Å². The van der Waals surface area contributed by atoms with Gasteiger partial charge >= 0.3 is 0 Å². The Morgan fingerprint density at radius 3 is 2.94 bits per heavy atom. The van der Waals surface area contributed by atoms with Gasteiger partial charge in [-0.15, -0.1) is 0 Å². The van der Waals surface area contributed by atoms with Crippen LogP contribution in [0.5, 0.6) is 5.75 Å². The zero-order valence-corrected chi connectivity index (χ0v) is 9.25. The lowest BCUT2D eigenvalue weighted by atomic mass is 10.3. The number of carbonyl (C=O) groups excluding carboxylic acids is 1. The monoisotopic (exact) mass is 229 g/mol. The Bertz CT molecular complexity index is 514. The van der Waals surface area contributed by atoms with E-state index in [1.54, 1.807) is 31.4 Å². The van der Waals surface area contributed by atoms with Crippen LogP contribution in [0.1, 0.15) is 10.5 Å². The first-order valence-corrected chi connectivity index (χ1v) is 5.01. The summed E-state index contributed by atoms with van der Waals surface area (Å²) in [5.74, 6) is 0.383. The number of ether oxygens (including phenoxy) is 1. The third kappa shape index (κ3) is 2.78. The molecular formula is C12H11N3O2. The number of rotatable bonds is 3. The zero-order valence-electron chi connectivity index (χ0n) is 9.25. The van der Waals surface area contributed by atoms with E-state index in [4.69, 9.17) is 4.74 Å². The maximum atomic E-state index is 11.8. The normalized spacial score (nSPS) is 9.71. The van der Waals surface area contributed by atoms with Crippen LogP contribution in [0.3, 0.4) is 0 Å². The molecule has 0 saturated heterocycles. The maximum absolute atomic E-state index is 11.8. The van der Waals surface area contributed by atoms with Crippen molar-refractivity contribution in [2.45, 2.75) is 0 Å². The summed E-state index contributed by atoms with van der Waals surface area (Å²) in [6.45, 7) is 0. The zero-order chi connectivity index (χ0) is 12.1. The topological polar surface area (TPSA) is 64.1 Å². The molecule has 0 aliphatic heterocycles. The van der Waals surface area contributed by atoms with E-state index in [9.17, 15) is 4.79 Å². The van der Waals surface area contributed by atoms with Crippen LogP contribution in [-0.2, 0) is 0 Å². The van der Waals surface area contributed by atoms with Gasteiger partial charge in [-0.3, -0.25) is 9.78 Å². The summed E-state index contributed by atoms with van der Waals surface area (Å²) in [5, 5.41) is 2.71. The molecule has 5 nitrogen and oxygen atoms in total. The molecule has 0 aliphatic carbocycles. The van der Waals surface area contributed by atoms with Crippen LogP contribution in [0.15, 0.2) is 42.9 Å². The van der Waals surface area contributed by atoms with Crippen molar-refractivity contribution in [2.75, 3.05) is 12.4 Å². The van der Waals surface area contributed by atoms with E-state index in [0.717, 1.165) is 0 Å². The molecule has 0 bridgehead atoms. The second kappa shape index (κ2) is 5.07. The number of methoxy groups -OCH3 is 1. The molecule has 0 atom stereocenters. The van der Waals surface area contributed by atoms with E-state index in [0.29, 0.717) is 11.4 Å². The number of aromatic nitrogens is 2. The predicted molar refractivity (Wildman–Crippen MR) is 63.0 cm³/mol. The lowest BCUT2D eigenvalue weighted by Gasteiger charge is -2.05. The van der Waals surface area contributed by atoms with Gasteiger partial charge in [-0.05, 0) is 12.1 Å². The number of nitrogens with one attached hydrogen (secondary N) is 1. The van der Waals surface area contributed by atoms with Gasteiger partial charge < -0.3 is 10.1 Å². The molecule has 1 amide bonds. The predicted octanol–water partition coefficient (Wildman–Crippen LogP) is 1.74. The second-order valence-corrected chi connectivity index (χ2v) is 3.28. The number of amides is 1. The van der Waals surface area contributed by atoms with E-state index >= 15 is 0 Å². The third-order valence-corrected chi connectivity index (χ3v) is 2.12. The van der Waals surface area contributed by atoms with Crippen LogP contribution < -0.4 is 10.1 Å². The van der Waals surface area contributed by atoms with Gasteiger partial charge in [0.2, 0.25) is 0 Å². The van der Waals surface area contributed by atoms with E-state index in [-0.39, 0.29) is 11.6 Å². The van der Waals surface area contributed by atoms with Crippen molar-refractivity contribution >= 4 is 11.6 Å². The summed E-state index contributed by atoms with van der Waals surface area (Å²) < 4.78 is 5.06. The molecule has 1 N–H and O–H groups in total. The highest BCUT2D eigenvalue weighted by atomic mass is 16.5. The van der Waals surface area contributed by atoms with E-state index in [2.05, 4.69) is 15.3 Å². The van der Waals surface area contributed by atoms with Gasteiger partial charge in [0.05, 0.1) is 13.3 Å². The van der Waals surface area contributed by atoms with Crippen LogP contribution in [0, 0.1) is 0 Å². The first-order chi connectivity index (χ1) is 8.29. The van der Waals surface area contributed by atoms with Crippen molar-refractivity contribution in [1.82, 2.24) is 9.97 Å². The van der Waals surface area contributed by atoms with Crippen molar-refractivity contribution < 1.29 is 9.53 Å². The molecule has 1 aromatic heterocycles. The van der Waals surface area contributed by atoms with Crippen LogP contribution in [0.25, 0.3) is 0 Å². The van der Waals surface area contributed by atoms with Gasteiger partial charge in [0.15, 0.2) is 0 Å². The molecule has 0 fully saturated rings. The van der Waals surface area contributed by atoms with Crippen LogP contribution in [0.4, 0.5) is 5.69 Å². The molecule has 0 spiro atoms. The standard InChI is InChI=1S/C12H11N3O2/c1-17-10-4-2-3-9(7-10)15-12(16)11-8-13-5-6-14-11/h2-8H,1H3,(H,15,16). The van der Waals surface area contributed by atoms with Gasteiger partial charge in [0.1, 0.15) is 11.4 Å². The maximum Gasteiger partial charge on any atom is 0.275 e. The molecule has 17 heavy (non-hydrogen) atoms. The van der Waals surface area contributed by atoms with Crippen LogP contribution >= 0.6 is 0 Å². The number of hydrogen-bond donors (Lipinski definition) is 1. The van der Waals surface area contributed by atoms with Crippen LogP contribution in [-0.4, -0.2) is 23.0 Å². The molecule has 86 valence electrons. The van der Waals surface area contributed by atoms with Crippen molar-refractivity contribution in [3.63, 3.8) is 0 Å². The Labute approximate surface area is 98.5 Å². The summed E-state index contributed by atoms with van der Waals surface area (Å²) in [7, 11) is 1.57. The SMILES string of the molecule is COc1cccc(NC(=O)c2cnccn2)c1. The van der Waals surface area contributed by atoms with Crippen molar-refractivity contribution in [2.24, 2.45) is 0 Å². The van der Waals surface area contributed by atoms with Crippen molar-refractivity contribution in [3.8, 4) is 5.75 Å². The minimum absolute atomic E-state index is 0.273. The Balaban J connectivity index is 2.13. The fraction of sp³-hybridized carbons (Fsp3) is 0.0833. The Hall–Kier alpha value is -2.43. The Morgan fingerprint density at radius 2 is 2.24 bits per heavy atom. The van der Waals surface area contributed by atoms with Gasteiger partial charge in [-0.25, -0.2) is 4.98 Å². The molecule has 0 unspecified atom stereocenters. The molecule has 5 heteroatoms. The minimum Gasteiger partial charge on any atom is -0.497 e. The lowest BCUT2D eigenvalue weighted by Crippen LogP contribution is -2.13. The van der Waals surface area contributed by atoms with Crippen molar-refractivity contribution in [1.29, 1.82) is 0 Å². The average Bonchev–Trinajstić information content (AvgIpc) is 2.40. The number of hydrogen-bond acceptors (Lipinski definition) is 4. The highest BCUT2D eigenvalue weighted by Gasteiger charge is 2.07. The van der Waals surface area contributed by atoms with Crippen LogP contribution in [0.2, 0.25) is 0 Å². The summed E-state index contributed by atoms with van der Waals surface area (Å²) >= 11 is 0. The van der Waals surface area contributed by atoms with Crippen molar-refractivity contribution in [3.05, 3.63) is 48.5 Å². The highest BCUT2D eigenvalue weighted by Crippen LogP contribution is 2.16. The highest BCUT2D eigenvalue weighted by molar-refractivity contribution is 6.02. The van der Waals surface area contributed by atoms with Gasteiger partial charge in [-0.1, -0.05) is 6.07 Å².